The molecule has 4 heteroatoms. The van der Waals surface area contributed by atoms with Gasteiger partial charge in [0.25, 0.3) is 0 Å². The summed E-state index contributed by atoms with van der Waals surface area (Å²) in [5, 5.41) is 7.59. The maximum atomic E-state index is 5.61. The molecule has 0 bridgehead atoms. The fourth-order valence-electron chi connectivity index (χ4n) is 1.52. The topological polar surface area (TPSA) is 39.1 Å². The van der Waals surface area contributed by atoms with Gasteiger partial charge in [0.05, 0.1) is 19.0 Å². The van der Waals surface area contributed by atoms with Gasteiger partial charge >= 0.3 is 0 Å². The number of rotatable bonds is 9. The van der Waals surface area contributed by atoms with Crippen molar-refractivity contribution < 1.29 is 4.74 Å². The number of aryl methyl sites for hydroxylation is 1. The summed E-state index contributed by atoms with van der Waals surface area (Å²) in [6.07, 6.45) is 5.97. The molecule has 1 aromatic rings. The summed E-state index contributed by atoms with van der Waals surface area (Å²) in [5.74, 6) is 1.60. The number of ether oxygens (including phenoxy) is 1. The summed E-state index contributed by atoms with van der Waals surface area (Å²) in [6.45, 7) is 10.4. The van der Waals surface area contributed by atoms with Gasteiger partial charge in [-0.15, -0.1) is 0 Å². The molecule has 0 radical (unpaired) electrons. The van der Waals surface area contributed by atoms with Crippen molar-refractivity contribution in [2.24, 2.45) is 5.92 Å². The normalized spacial score (nSPS) is 11.1. The van der Waals surface area contributed by atoms with Crippen molar-refractivity contribution >= 4 is 0 Å². The van der Waals surface area contributed by atoms with E-state index in [-0.39, 0.29) is 0 Å². The van der Waals surface area contributed by atoms with E-state index in [1.54, 1.807) is 6.20 Å². The highest BCUT2D eigenvalue weighted by molar-refractivity contribution is 5.11. The Labute approximate surface area is 104 Å². The van der Waals surface area contributed by atoms with E-state index in [1.807, 2.05) is 10.9 Å². The van der Waals surface area contributed by atoms with Crippen molar-refractivity contribution in [1.82, 2.24) is 15.1 Å². The van der Waals surface area contributed by atoms with Gasteiger partial charge in [-0.1, -0.05) is 13.8 Å². The highest BCUT2D eigenvalue weighted by Gasteiger charge is 1.98. The Morgan fingerprint density at radius 1 is 1.41 bits per heavy atom. The molecule has 1 N–H and O–H groups in total. The fraction of sp³-hybridized carbons (Fsp3) is 0.769. The van der Waals surface area contributed by atoms with Crippen molar-refractivity contribution in [3.05, 3.63) is 12.4 Å². The molecule has 0 saturated carbocycles. The SMILES string of the molecule is CCn1cc(OCCCCNCC(C)C)cn1. The van der Waals surface area contributed by atoms with Crippen LogP contribution in [0.15, 0.2) is 12.4 Å². The molecule has 0 aromatic carbocycles. The summed E-state index contributed by atoms with van der Waals surface area (Å²) < 4.78 is 7.48. The molecule has 4 nitrogen and oxygen atoms in total. The molecule has 98 valence electrons. The van der Waals surface area contributed by atoms with E-state index in [0.717, 1.165) is 50.8 Å². The minimum absolute atomic E-state index is 0.728. The van der Waals surface area contributed by atoms with Crippen LogP contribution in [-0.4, -0.2) is 29.5 Å². The van der Waals surface area contributed by atoms with Gasteiger partial charge in [0.1, 0.15) is 0 Å². The van der Waals surface area contributed by atoms with E-state index in [1.165, 1.54) is 0 Å². The third kappa shape index (κ3) is 6.31. The quantitative estimate of drug-likeness (QED) is 0.672. The Morgan fingerprint density at radius 3 is 2.88 bits per heavy atom. The van der Waals surface area contributed by atoms with Gasteiger partial charge in [-0.05, 0) is 38.8 Å². The zero-order chi connectivity index (χ0) is 12.5. The highest BCUT2D eigenvalue weighted by Crippen LogP contribution is 2.08. The second-order valence-electron chi connectivity index (χ2n) is 4.69. The van der Waals surface area contributed by atoms with Gasteiger partial charge in [0.2, 0.25) is 0 Å². The van der Waals surface area contributed by atoms with E-state index in [9.17, 15) is 0 Å². The first-order valence-corrected chi connectivity index (χ1v) is 6.58. The molecular formula is C13H25N3O. The van der Waals surface area contributed by atoms with Gasteiger partial charge in [0.15, 0.2) is 5.75 Å². The first kappa shape index (κ1) is 14.0. The number of hydrogen-bond donors (Lipinski definition) is 1. The predicted octanol–water partition coefficient (Wildman–Crippen LogP) is 2.31. The number of hydrogen-bond acceptors (Lipinski definition) is 3. The van der Waals surface area contributed by atoms with E-state index in [4.69, 9.17) is 4.74 Å². The van der Waals surface area contributed by atoms with Crippen LogP contribution < -0.4 is 10.1 Å². The first-order chi connectivity index (χ1) is 8.22. The minimum Gasteiger partial charge on any atom is -0.490 e. The average Bonchev–Trinajstić information content (AvgIpc) is 2.75. The monoisotopic (exact) mass is 239 g/mol. The van der Waals surface area contributed by atoms with Crippen molar-refractivity contribution in [1.29, 1.82) is 0 Å². The predicted molar refractivity (Wildman–Crippen MR) is 70.3 cm³/mol. The van der Waals surface area contributed by atoms with Crippen LogP contribution in [0.1, 0.15) is 33.6 Å². The summed E-state index contributed by atoms with van der Waals surface area (Å²) in [5.41, 5.74) is 0. The van der Waals surface area contributed by atoms with Crippen molar-refractivity contribution in [2.75, 3.05) is 19.7 Å². The van der Waals surface area contributed by atoms with E-state index < -0.39 is 0 Å². The van der Waals surface area contributed by atoms with Gasteiger partial charge in [-0.3, -0.25) is 4.68 Å². The van der Waals surface area contributed by atoms with Crippen molar-refractivity contribution in [2.45, 2.75) is 40.2 Å². The Bertz CT molecular complexity index is 297. The van der Waals surface area contributed by atoms with Crippen LogP contribution in [0.2, 0.25) is 0 Å². The summed E-state index contributed by atoms with van der Waals surface area (Å²) in [6, 6.07) is 0. The van der Waals surface area contributed by atoms with Crippen LogP contribution in [0.4, 0.5) is 0 Å². The molecule has 0 aliphatic carbocycles. The Kier molecular flexibility index (Phi) is 6.70. The largest absolute Gasteiger partial charge is 0.490 e. The molecule has 0 aliphatic heterocycles. The van der Waals surface area contributed by atoms with Crippen LogP contribution >= 0.6 is 0 Å². The van der Waals surface area contributed by atoms with Gasteiger partial charge in [-0.2, -0.15) is 5.10 Å². The number of unbranched alkanes of at least 4 members (excludes halogenated alkanes) is 1. The molecule has 17 heavy (non-hydrogen) atoms. The lowest BCUT2D eigenvalue weighted by Gasteiger charge is -2.07. The standard InChI is InChI=1S/C13H25N3O/c1-4-16-11-13(10-15-16)17-8-6-5-7-14-9-12(2)3/h10-12,14H,4-9H2,1-3H3. The Morgan fingerprint density at radius 2 is 2.24 bits per heavy atom. The molecule has 0 amide bonds. The van der Waals surface area contributed by atoms with Crippen LogP contribution in [0.3, 0.4) is 0 Å². The van der Waals surface area contributed by atoms with Crippen LogP contribution in [-0.2, 0) is 6.54 Å². The lowest BCUT2D eigenvalue weighted by Crippen LogP contribution is -2.21. The smallest absolute Gasteiger partial charge is 0.157 e. The molecule has 1 aromatic heterocycles. The lowest BCUT2D eigenvalue weighted by molar-refractivity contribution is 0.305. The van der Waals surface area contributed by atoms with Crippen LogP contribution in [0, 0.1) is 5.92 Å². The molecule has 1 rings (SSSR count). The summed E-state index contributed by atoms with van der Waals surface area (Å²) in [7, 11) is 0. The molecule has 0 saturated heterocycles. The van der Waals surface area contributed by atoms with E-state index in [2.05, 4.69) is 31.2 Å². The Hall–Kier alpha value is -1.03. The second kappa shape index (κ2) is 8.12. The first-order valence-electron chi connectivity index (χ1n) is 6.58. The third-order valence-electron chi connectivity index (χ3n) is 2.50. The molecule has 0 fully saturated rings. The minimum atomic E-state index is 0.728. The second-order valence-corrected chi connectivity index (χ2v) is 4.69. The van der Waals surface area contributed by atoms with Crippen LogP contribution in [0.5, 0.6) is 5.75 Å². The zero-order valence-corrected chi connectivity index (χ0v) is 11.3. The molecule has 0 unspecified atom stereocenters. The number of nitrogens with zero attached hydrogens (tertiary/aromatic N) is 2. The maximum Gasteiger partial charge on any atom is 0.157 e. The average molecular weight is 239 g/mol. The Balaban J connectivity index is 1.97. The lowest BCUT2D eigenvalue weighted by atomic mass is 10.2. The van der Waals surface area contributed by atoms with Crippen LogP contribution in [0.25, 0.3) is 0 Å². The molecule has 1 heterocycles. The highest BCUT2D eigenvalue weighted by atomic mass is 16.5. The summed E-state index contributed by atoms with van der Waals surface area (Å²) in [4.78, 5) is 0. The zero-order valence-electron chi connectivity index (χ0n) is 11.3. The van der Waals surface area contributed by atoms with E-state index in [0.29, 0.717) is 0 Å². The number of nitrogens with one attached hydrogen (secondary N) is 1. The molecular weight excluding hydrogens is 214 g/mol. The van der Waals surface area contributed by atoms with Gasteiger partial charge in [0, 0.05) is 6.54 Å². The van der Waals surface area contributed by atoms with Crippen molar-refractivity contribution in [3.8, 4) is 5.75 Å². The maximum absolute atomic E-state index is 5.61. The molecule has 0 aliphatic rings. The summed E-state index contributed by atoms with van der Waals surface area (Å²) >= 11 is 0. The van der Waals surface area contributed by atoms with Crippen molar-refractivity contribution in [3.63, 3.8) is 0 Å². The van der Waals surface area contributed by atoms with Gasteiger partial charge in [-0.25, -0.2) is 0 Å². The molecule has 0 atom stereocenters. The third-order valence-corrected chi connectivity index (χ3v) is 2.50. The van der Waals surface area contributed by atoms with Gasteiger partial charge < -0.3 is 10.1 Å². The number of aromatic nitrogens is 2. The fourth-order valence-corrected chi connectivity index (χ4v) is 1.52. The molecule has 0 spiro atoms. The van der Waals surface area contributed by atoms with E-state index >= 15 is 0 Å².